The van der Waals surface area contributed by atoms with Crippen molar-refractivity contribution in [3.05, 3.63) is 51.5 Å². The van der Waals surface area contributed by atoms with Gasteiger partial charge in [0.2, 0.25) is 0 Å². The molecular formula is C16H10ClN3O10S2. The van der Waals surface area contributed by atoms with Crippen LogP contribution in [0.15, 0.2) is 56.4 Å². The van der Waals surface area contributed by atoms with Crippen molar-refractivity contribution in [2.45, 2.75) is 9.79 Å². The van der Waals surface area contributed by atoms with Gasteiger partial charge in [0.1, 0.15) is 22.0 Å². The lowest BCUT2D eigenvalue weighted by Crippen LogP contribution is -2.00. The van der Waals surface area contributed by atoms with E-state index >= 15 is 0 Å². The van der Waals surface area contributed by atoms with Crippen LogP contribution in [0.4, 0.5) is 17.1 Å². The van der Waals surface area contributed by atoms with Crippen LogP contribution >= 0.6 is 11.6 Å². The minimum Gasteiger partial charge on any atom is -0.507 e. The average molecular weight is 504 g/mol. The molecule has 3 aromatic carbocycles. The molecule has 0 bridgehead atoms. The third-order valence-corrected chi connectivity index (χ3v) is 6.07. The maximum Gasteiger partial charge on any atom is 0.296 e. The summed E-state index contributed by atoms with van der Waals surface area (Å²) >= 11 is 5.70. The maximum absolute atomic E-state index is 11.8. The van der Waals surface area contributed by atoms with Crippen LogP contribution < -0.4 is 0 Å². The number of nitrogens with zero attached hydrogens (tertiary/aromatic N) is 3. The predicted molar refractivity (Wildman–Crippen MR) is 109 cm³/mol. The van der Waals surface area contributed by atoms with Crippen molar-refractivity contribution in [3.63, 3.8) is 0 Å². The van der Waals surface area contributed by atoms with E-state index in [1.54, 1.807) is 0 Å². The molecule has 0 aromatic heterocycles. The second kappa shape index (κ2) is 7.95. The number of halogens is 1. The third kappa shape index (κ3) is 4.61. The first-order chi connectivity index (χ1) is 14.7. The average Bonchev–Trinajstić information content (AvgIpc) is 2.66. The summed E-state index contributed by atoms with van der Waals surface area (Å²) in [6, 6.07) is 4.86. The Labute approximate surface area is 183 Å². The topological polar surface area (TPSA) is 217 Å². The number of nitro benzene ring substituents is 1. The summed E-state index contributed by atoms with van der Waals surface area (Å²) in [6.07, 6.45) is 0. The molecule has 0 aliphatic heterocycles. The quantitative estimate of drug-likeness (QED) is 0.171. The molecule has 0 amide bonds. The largest absolute Gasteiger partial charge is 0.507 e. The fourth-order valence-corrected chi connectivity index (χ4v) is 4.01. The number of rotatable bonds is 5. The monoisotopic (exact) mass is 503 g/mol. The summed E-state index contributed by atoms with van der Waals surface area (Å²) in [5.41, 5.74) is -1.63. The van der Waals surface area contributed by atoms with Crippen molar-refractivity contribution in [2.75, 3.05) is 0 Å². The summed E-state index contributed by atoms with van der Waals surface area (Å²) in [5, 5.41) is 37.3. The molecule has 32 heavy (non-hydrogen) atoms. The number of benzene rings is 3. The summed E-state index contributed by atoms with van der Waals surface area (Å²) in [7, 11) is -9.73. The number of phenolic OH excluding ortho intramolecular Hbond substituents is 2. The molecule has 3 rings (SSSR count). The van der Waals surface area contributed by atoms with Gasteiger partial charge >= 0.3 is 0 Å². The molecule has 0 atom stereocenters. The Bertz CT molecular complexity index is 1540. The van der Waals surface area contributed by atoms with Crippen LogP contribution in [0, 0.1) is 10.1 Å². The van der Waals surface area contributed by atoms with Crippen molar-refractivity contribution in [1.29, 1.82) is 0 Å². The molecule has 0 unspecified atom stereocenters. The Kier molecular flexibility index (Phi) is 5.79. The zero-order valence-corrected chi connectivity index (χ0v) is 17.6. The number of fused-ring (bicyclic) bond motifs is 1. The molecule has 0 spiro atoms. The normalized spacial score (nSPS) is 12.5. The van der Waals surface area contributed by atoms with E-state index in [-0.39, 0.29) is 10.8 Å². The van der Waals surface area contributed by atoms with Crippen molar-refractivity contribution >= 4 is 59.7 Å². The SMILES string of the molecule is O=[N+]([O-])c1cc(Cl)c(O)c(N=Nc2cc3c(O)cc(S(=O)(=O)O)cc3cc2S(=O)(=O)O)c1. The van der Waals surface area contributed by atoms with Gasteiger partial charge in [0, 0.05) is 23.6 Å². The number of phenols is 2. The van der Waals surface area contributed by atoms with E-state index < -0.39 is 68.5 Å². The minimum atomic E-state index is -4.97. The Morgan fingerprint density at radius 3 is 2.06 bits per heavy atom. The van der Waals surface area contributed by atoms with Gasteiger partial charge in [0.05, 0.1) is 14.8 Å². The second-order valence-corrected chi connectivity index (χ2v) is 9.40. The van der Waals surface area contributed by atoms with Gasteiger partial charge in [-0.25, -0.2) is 0 Å². The molecule has 168 valence electrons. The van der Waals surface area contributed by atoms with Crippen molar-refractivity contribution < 1.29 is 41.1 Å². The predicted octanol–water partition coefficient (Wildman–Crippen LogP) is 3.72. The number of nitro groups is 1. The van der Waals surface area contributed by atoms with Crippen LogP contribution in [-0.2, 0) is 20.2 Å². The van der Waals surface area contributed by atoms with Gasteiger partial charge in [0.15, 0.2) is 5.75 Å². The van der Waals surface area contributed by atoms with Crippen LogP contribution in [-0.4, -0.2) is 41.1 Å². The lowest BCUT2D eigenvalue weighted by Gasteiger charge is -2.08. The maximum atomic E-state index is 11.8. The zero-order valence-electron chi connectivity index (χ0n) is 15.2. The number of azo groups is 1. The molecule has 16 heteroatoms. The molecule has 0 saturated carbocycles. The van der Waals surface area contributed by atoms with Gasteiger partial charge in [-0.2, -0.15) is 16.8 Å². The summed E-state index contributed by atoms with van der Waals surface area (Å²) in [5.74, 6) is -1.38. The van der Waals surface area contributed by atoms with Gasteiger partial charge in [-0.05, 0) is 23.6 Å². The summed E-state index contributed by atoms with van der Waals surface area (Å²) in [6.45, 7) is 0. The van der Waals surface area contributed by atoms with Crippen LogP contribution in [0.1, 0.15) is 0 Å². The van der Waals surface area contributed by atoms with E-state index in [9.17, 15) is 41.7 Å². The molecule has 0 radical (unpaired) electrons. The van der Waals surface area contributed by atoms with Gasteiger partial charge in [0.25, 0.3) is 25.9 Å². The van der Waals surface area contributed by atoms with E-state index in [2.05, 4.69) is 10.2 Å². The molecule has 0 heterocycles. The van der Waals surface area contributed by atoms with Gasteiger partial charge in [-0.1, -0.05) is 11.6 Å². The van der Waals surface area contributed by atoms with E-state index in [1.165, 1.54) is 0 Å². The van der Waals surface area contributed by atoms with Crippen LogP contribution in [0.2, 0.25) is 5.02 Å². The molecule has 0 aliphatic rings. The summed E-state index contributed by atoms with van der Waals surface area (Å²) < 4.78 is 64.9. The molecular weight excluding hydrogens is 494 g/mol. The van der Waals surface area contributed by atoms with E-state index in [0.29, 0.717) is 6.07 Å². The molecule has 4 N–H and O–H groups in total. The van der Waals surface area contributed by atoms with Crippen molar-refractivity contribution in [2.24, 2.45) is 10.2 Å². The molecule has 0 aliphatic carbocycles. The first kappa shape index (κ1) is 23.3. The van der Waals surface area contributed by atoms with Gasteiger partial charge < -0.3 is 10.2 Å². The van der Waals surface area contributed by atoms with Crippen molar-refractivity contribution in [3.8, 4) is 11.5 Å². The highest BCUT2D eigenvalue weighted by Gasteiger charge is 2.21. The number of hydrogen-bond acceptors (Lipinski definition) is 10. The lowest BCUT2D eigenvalue weighted by atomic mass is 10.1. The fourth-order valence-electron chi connectivity index (χ4n) is 2.63. The lowest BCUT2D eigenvalue weighted by molar-refractivity contribution is -0.384. The van der Waals surface area contributed by atoms with Crippen molar-refractivity contribution in [1.82, 2.24) is 0 Å². The zero-order chi connectivity index (χ0) is 24.0. The fraction of sp³-hybridized carbons (Fsp3) is 0. The molecule has 3 aromatic rings. The first-order valence-corrected chi connectivity index (χ1v) is 11.3. The van der Waals surface area contributed by atoms with Crippen LogP contribution in [0.5, 0.6) is 11.5 Å². The Morgan fingerprint density at radius 2 is 1.50 bits per heavy atom. The van der Waals surface area contributed by atoms with Gasteiger partial charge in [-0.3, -0.25) is 19.2 Å². The van der Waals surface area contributed by atoms with Crippen LogP contribution in [0.3, 0.4) is 0 Å². The number of hydrogen-bond donors (Lipinski definition) is 4. The standard InChI is InChI=1S/C16H10ClN3O10S2/c17-11-3-8(20(23)24)4-13(16(11)22)19-18-12-6-10-7(2-15(12)32(28,29)30)1-9(5-14(10)21)31(25,26)27/h1-6,21-22H,(H,25,26,27)(H,28,29,30). The summed E-state index contributed by atoms with van der Waals surface area (Å²) in [4.78, 5) is 8.51. The van der Waals surface area contributed by atoms with Crippen LogP contribution in [0.25, 0.3) is 10.8 Å². The van der Waals surface area contributed by atoms with E-state index in [0.717, 1.165) is 30.3 Å². The highest BCUT2D eigenvalue weighted by molar-refractivity contribution is 7.86. The van der Waals surface area contributed by atoms with E-state index in [4.69, 9.17) is 16.2 Å². The first-order valence-electron chi connectivity index (χ1n) is 8.03. The Balaban J connectivity index is 2.27. The van der Waals surface area contributed by atoms with E-state index in [1.807, 2.05) is 0 Å². The molecule has 0 saturated heterocycles. The molecule has 0 fully saturated rings. The van der Waals surface area contributed by atoms with Gasteiger partial charge in [-0.15, -0.1) is 10.2 Å². The molecule has 13 nitrogen and oxygen atoms in total. The Morgan fingerprint density at radius 1 is 0.875 bits per heavy atom. The number of aromatic hydroxyl groups is 2. The second-order valence-electron chi connectivity index (χ2n) is 6.19. The smallest absolute Gasteiger partial charge is 0.296 e. The Hall–Kier alpha value is -3.37. The highest BCUT2D eigenvalue weighted by atomic mass is 35.5. The number of non-ortho nitro benzene ring substituents is 1. The minimum absolute atomic E-state index is 0.139. The third-order valence-electron chi connectivity index (χ3n) is 4.06. The highest BCUT2D eigenvalue weighted by Crippen LogP contribution is 2.40.